The molecular weight excluding hydrogens is 528 g/mol. The first kappa shape index (κ1) is 33.2. The zero-order valence-corrected chi connectivity index (χ0v) is 24.8. The van der Waals surface area contributed by atoms with Crippen molar-refractivity contribution in [2.75, 3.05) is 13.1 Å². The van der Waals surface area contributed by atoms with Crippen LogP contribution in [0.1, 0.15) is 76.7 Å². The minimum atomic E-state index is -1.36. The van der Waals surface area contributed by atoms with Crippen molar-refractivity contribution in [3.63, 3.8) is 0 Å². The molecule has 0 aromatic heterocycles. The van der Waals surface area contributed by atoms with Crippen LogP contribution in [0.2, 0.25) is 0 Å². The van der Waals surface area contributed by atoms with Crippen molar-refractivity contribution < 1.29 is 28.8 Å². The van der Waals surface area contributed by atoms with Gasteiger partial charge in [0.1, 0.15) is 17.6 Å². The van der Waals surface area contributed by atoms with E-state index >= 15 is 0 Å². The van der Waals surface area contributed by atoms with Gasteiger partial charge in [0, 0.05) is 25.1 Å². The average Bonchev–Trinajstić information content (AvgIpc) is 2.91. The quantitative estimate of drug-likeness (QED) is 0.306. The summed E-state index contributed by atoms with van der Waals surface area (Å²) in [7, 11) is 0. The van der Waals surface area contributed by atoms with Gasteiger partial charge in [-0.25, -0.2) is 0 Å². The zero-order chi connectivity index (χ0) is 30.7. The van der Waals surface area contributed by atoms with Crippen molar-refractivity contribution in [1.29, 1.82) is 0 Å². The Morgan fingerprint density at radius 1 is 0.878 bits per heavy atom. The third-order valence-electron chi connectivity index (χ3n) is 6.88. The van der Waals surface area contributed by atoms with Crippen LogP contribution in [0.15, 0.2) is 24.3 Å². The number of carbonyl (C=O) groups excluding carboxylic acids is 6. The number of rotatable bonds is 4. The summed E-state index contributed by atoms with van der Waals surface area (Å²) in [6, 6.07) is 4.76. The maximum Gasteiger partial charge on any atom is 0.251 e. The second kappa shape index (κ2) is 15.2. The molecule has 1 aromatic rings. The van der Waals surface area contributed by atoms with Gasteiger partial charge in [-0.1, -0.05) is 46.2 Å². The highest BCUT2D eigenvalue weighted by molar-refractivity contribution is 5.97. The van der Waals surface area contributed by atoms with Crippen LogP contribution < -0.4 is 31.9 Å². The van der Waals surface area contributed by atoms with Gasteiger partial charge >= 0.3 is 0 Å². The topological polar surface area (TPSA) is 175 Å². The second-order valence-electron chi connectivity index (χ2n) is 11.4. The molecule has 1 aromatic carbocycles. The highest BCUT2D eigenvalue weighted by atomic mass is 16.2. The summed E-state index contributed by atoms with van der Waals surface area (Å²) in [5.41, 5.74) is -0.329. The molecule has 1 heterocycles. The fourth-order valence-electron chi connectivity index (χ4n) is 4.22. The fourth-order valence-corrected chi connectivity index (χ4v) is 4.22. The standard InChI is InChI=1S/C29H44N6O6/c1-7-18(4)24-27(40)32-16-23(37)31-15-19-9-8-10-20(14-19)25(38)30-12-11-22(36)35-29(5,6)28(41)33-21(13-17(2)3)26(39)34-24/h8-10,14,17-18,21,24H,7,11-13,15-16H2,1-6H3,(H,30,38)(H,31,37)(H,32,40)(H,33,41)(H,34,39)(H,35,36)/t18-,21-,24-/m0/s1. The lowest BCUT2D eigenvalue weighted by molar-refractivity contribution is -0.136. The number of benzene rings is 1. The smallest absolute Gasteiger partial charge is 0.251 e. The van der Waals surface area contributed by atoms with Crippen molar-refractivity contribution in [1.82, 2.24) is 31.9 Å². The number of amides is 6. The lowest BCUT2D eigenvalue weighted by Crippen LogP contribution is -2.61. The first-order valence-corrected chi connectivity index (χ1v) is 14.1. The van der Waals surface area contributed by atoms with Crippen LogP contribution in [0.4, 0.5) is 0 Å². The van der Waals surface area contributed by atoms with Gasteiger partial charge in [-0.3, -0.25) is 28.8 Å². The van der Waals surface area contributed by atoms with Crippen molar-refractivity contribution in [2.24, 2.45) is 11.8 Å². The number of carbonyl (C=O) groups is 6. The first-order valence-electron chi connectivity index (χ1n) is 14.1. The normalized spacial score (nSPS) is 22.5. The molecule has 0 spiro atoms. The van der Waals surface area contributed by atoms with Crippen molar-refractivity contribution in [2.45, 2.75) is 85.0 Å². The van der Waals surface area contributed by atoms with Gasteiger partial charge in [-0.2, -0.15) is 0 Å². The zero-order valence-electron chi connectivity index (χ0n) is 24.8. The molecule has 12 nitrogen and oxygen atoms in total. The van der Waals surface area contributed by atoms with Crippen LogP contribution in [-0.4, -0.2) is 66.2 Å². The molecule has 0 saturated carbocycles. The van der Waals surface area contributed by atoms with Crippen LogP contribution in [0.25, 0.3) is 0 Å². The number of nitrogens with one attached hydrogen (secondary N) is 6. The van der Waals surface area contributed by atoms with Crippen LogP contribution in [0.3, 0.4) is 0 Å². The molecule has 12 heteroatoms. The van der Waals surface area contributed by atoms with Crippen LogP contribution in [0.5, 0.6) is 0 Å². The van der Waals surface area contributed by atoms with E-state index in [1.807, 2.05) is 27.7 Å². The van der Waals surface area contributed by atoms with Gasteiger partial charge in [0.25, 0.3) is 5.91 Å². The molecule has 0 radical (unpaired) electrons. The van der Waals surface area contributed by atoms with Gasteiger partial charge in [-0.05, 0) is 49.8 Å². The van der Waals surface area contributed by atoms with E-state index in [1.165, 1.54) is 13.8 Å². The third-order valence-corrected chi connectivity index (χ3v) is 6.88. The molecule has 1 aliphatic rings. The summed E-state index contributed by atoms with van der Waals surface area (Å²) >= 11 is 0. The van der Waals surface area contributed by atoms with Crippen LogP contribution in [0, 0.1) is 11.8 Å². The molecule has 41 heavy (non-hydrogen) atoms. The molecule has 226 valence electrons. The van der Waals surface area contributed by atoms with E-state index in [1.54, 1.807) is 24.3 Å². The monoisotopic (exact) mass is 572 g/mol. The lowest BCUT2D eigenvalue weighted by atomic mass is 9.96. The average molecular weight is 573 g/mol. The van der Waals surface area contributed by atoms with Crippen LogP contribution in [-0.2, 0) is 30.5 Å². The van der Waals surface area contributed by atoms with E-state index in [0.717, 1.165) is 0 Å². The minimum Gasteiger partial charge on any atom is -0.352 e. The van der Waals surface area contributed by atoms with Gasteiger partial charge in [0.05, 0.1) is 6.54 Å². The summed E-state index contributed by atoms with van der Waals surface area (Å²) < 4.78 is 0. The maximum absolute atomic E-state index is 13.4. The Labute approximate surface area is 241 Å². The number of hydrogen-bond donors (Lipinski definition) is 6. The molecular formula is C29H44N6O6. The van der Waals surface area contributed by atoms with E-state index in [-0.39, 0.29) is 37.9 Å². The van der Waals surface area contributed by atoms with E-state index in [9.17, 15) is 28.8 Å². The fraction of sp³-hybridized carbons (Fsp3) is 0.586. The lowest BCUT2D eigenvalue weighted by Gasteiger charge is -2.30. The summed E-state index contributed by atoms with van der Waals surface area (Å²) in [5, 5.41) is 16.1. The summed E-state index contributed by atoms with van der Waals surface area (Å²) in [6.07, 6.45) is 0.805. The molecule has 6 N–H and O–H groups in total. The summed E-state index contributed by atoms with van der Waals surface area (Å²) in [6.45, 7) is 10.4. The van der Waals surface area contributed by atoms with Gasteiger partial charge in [-0.15, -0.1) is 0 Å². The second-order valence-corrected chi connectivity index (χ2v) is 11.4. The molecule has 1 aliphatic heterocycles. The highest BCUT2D eigenvalue weighted by Crippen LogP contribution is 2.13. The van der Waals surface area contributed by atoms with Crippen molar-refractivity contribution in [3.05, 3.63) is 35.4 Å². The molecule has 3 atom stereocenters. The Balaban J connectivity index is 2.34. The molecule has 2 rings (SSSR count). The third kappa shape index (κ3) is 10.5. The molecule has 2 bridgehead atoms. The van der Waals surface area contributed by atoms with E-state index in [2.05, 4.69) is 31.9 Å². The molecule has 0 aliphatic carbocycles. The number of fused-ring (bicyclic) bond motifs is 2. The Bertz CT molecular complexity index is 1130. The Hall–Kier alpha value is -3.96. The van der Waals surface area contributed by atoms with E-state index in [0.29, 0.717) is 24.0 Å². The van der Waals surface area contributed by atoms with E-state index < -0.39 is 53.1 Å². The Kier molecular flexibility index (Phi) is 12.3. The van der Waals surface area contributed by atoms with Gasteiger partial charge < -0.3 is 31.9 Å². The summed E-state index contributed by atoms with van der Waals surface area (Å²) in [4.78, 5) is 77.3. The highest BCUT2D eigenvalue weighted by Gasteiger charge is 2.35. The summed E-state index contributed by atoms with van der Waals surface area (Å²) in [5.74, 6) is -3.15. The van der Waals surface area contributed by atoms with Gasteiger partial charge in [0.2, 0.25) is 29.5 Å². The van der Waals surface area contributed by atoms with E-state index in [4.69, 9.17) is 0 Å². The molecule has 0 fully saturated rings. The minimum absolute atomic E-state index is 0.0325. The van der Waals surface area contributed by atoms with Gasteiger partial charge in [0.15, 0.2) is 0 Å². The SMILES string of the molecule is CC[C@H](C)[C@@H]1NC(=O)[C@H](CC(C)C)NC(=O)C(C)(C)NC(=O)CCNC(=O)c2cccc(c2)CNC(=O)CNC1=O. The largest absolute Gasteiger partial charge is 0.352 e. The van der Waals surface area contributed by atoms with Crippen LogP contribution >= 0.6 is 0 Å². The predicted octanol–water partition coefficient (Wildman–Crippen LogP) is 0.509. The Morgan fingerprint density at radius 3 is 2.24 bits per heavy atom. The Morgan fingerprint density at radius 2 is 1.59 bits per heavy atom. The molecule has 0 saturated heterocycles. The molecule has 0 unspecified atom stereocenters. The van der Waals surface area contributed by atoms with Crippen molar-refractivity contribution >= 4 is 35.4 Å². The maximum atomic E-state index is 13.4. The molecule has 6 amide bonds. The predicted molar refractivity (Wildman–Crippen MR) is 153 cm³/mol. The first-order chi connectivity index (χ1) is 19.2. The number of hydrogen-bond acceptors (Lipinski definition) is 6. The van der Waals surface area contributed by atoms with Crippen molar-refractivity contribution in [3.8, 4) is 0 Å².